The van der Waals surface area contributed by atoms with Crippen molar-refractivity contribution in [3.05, 3.63) is 41.7 Å². The molecule has 1 aromatic carbocycles. The van der Waals surface area contributed by atoms with E-state index in [1.807, 2.05) is 25.2 Å². The van der Waals surface area contributed by atoms with Gasteiger partial charge in [0.05, 0.1) is 11.0 Å². The number of aliphatic imine (C=N–C) groups is 1. The van der Waals surface area contributed by atoms with E-state index in [1.165, 1.54) is 25.7 Å². The van der Waals surface area contributed by atoms with E-state index in [0.29, 0.717) is 0 Å². The number of guanidine groups is 1. The molecule has 0 amide bonds. The van der Waals surface area contributed by atoms with Crippen molar-refractivity contribution < 1.29 is 0 Å². The van der Waals surface area contributed by atoms with E-state index in [4.69, 9.17) is 0 Å². The van der Waals surface area contributed by atoms with E-state index in [9.17, 15) is 0 Å². The highest BCUT2D eigenvalue weighted by Gasteiger charge is 2.05. The third-order valence-corrected chi connectivity index (χ3v) is 4.67. The Labute approximate surface area is 173 Å². The molecule has 0 spiro atoms. The zero-order valence-electron chi connectivity index (χ0n) is 15.6. The molecule has 0 atom stereocenters. The van der Waals surface area contributed by atoms with E-state index in [0.717, 1.165) is 55.2 Å². The number of aryl methyl sites for hydroxylation is 1. The van der Waals surface area contributed by atoms with Crippen LogP contribution in [0.2, 0.25) is 0 Å². The second kappa shape index (κ2) is 11.2. The summed E-state index contributed by atoms with van der Waals surface area (Å²) in [4.78, 5) is 12.3. The van der Waals surface area contributed by atoms with Crippen molar-refractivity contribution in [2.75, 3.05) is 20.1 Å². The number of aromatic amines is 1. The van der Waals surface area contributed by atoms with Crippen LogP contribution in [0.4, 0.5) is 0 Å². The molecule has 142 valence electrons. The van der Waals surface area contributed by atoms with Crippen molar-refractivity contribution in [1.29, 1.82) is 0 Å². The number of allylic oxidation sites excluding steroid dienone is 1. The van der Waals surface area contributed by atoms with Gasteiger partial charge in [0.1, 0.15) is 5.82 Å². The summed E-state index contributed by atoms with van der Waals surface area (Å²) in [6.45, 7) is 1.84. The molecule has 1 aromatic heterocycles. The monoisotopic (exact) mass is 467 g/mol. The van der Waals surface area contributed by atoms with Gasteiger partial charge in [0.25, 0.3) is 0 Å². The zero-order chi connectivity index (χ0) is 17.3. The zero-order valence-corrected chi connectivity index (χ0v) is 17.9. The molecule has 0 bridgehead atoms. The summed E-state index contributed by atoms with van der Waals surface area (Å²) < 4.78 is 0. The van der Waals surface area contributed by atoms with E-state index in [1.54, 1.807) is 5.57 Å². The lowest BCUT2D eigenvalue weighted by molar-refractivity contribution is 0.663. The molecule has 5 nitrogen and oxygen atoms in total. The molecule has 1 heterocycles. The van der Waals surface area contributed by atoms with Crippen LogP contribution in [0.3, 0.4) is 0 Å². The van der Waals surface area contributed by atoms with E-state index < -0.39 is 0 Å². The highest BCUT2D eigenvalue weighted by molar-refractivity contribution is 14.0. The maximum Gasteiger partial charge on any atom is 0.190 e. The van der Waals surface area contributed by atoms with Gasteiger partial charge in [-0.05, 0) is 50.7 Å². The maximum atomic E-state index is 4.62. The average molecular weight is 467 g/mol. The molecule has 26 heavy (non-hydrogen) atoms. The Balaban J connectivity index is 0.00000243. The third-order valence-electron chi connectivity index (χ3n) is 4.67. The van der Waals surface area contributed by atoms with Crippen LogP contribution in [0.15, 0.2) is 40.9 Å². The summed E-state index contributed by atoms with van der Waals surface area (Å²) in [5, 5.41) is 6.80. The van der Waals surface area contributed by atoms with Gasteiger partial charge in [-0.2, -0.15) is 0 Å². The fraction of sp³-hybridized carbons (Fsp3) is 0.500. The van der Waals surface area contributed by atoms with E-state index in [-0.39, 0.29) is 24.0 Å². The first-order valence-electron chi connectivity index (χ1n) is 9.41. The van der Waals surface area contributed by atoms with Gasteiger partial charge in [-0.25, -0.2) is 4.98 Å². The third kappa shape index (κ3) is 6.30. The quantitative estimate of drug-likeness (QED) is 0.188. The van der Waals surface area contributed by atoms with Crippen LogP contribution in [-0.2, 0) is 6.42 Å². The number of nitrogens with zero attached hydrogens (tertiary/aromatic N) is 2. The number of hydrogen-bond donors (Lipinski definition) is 3. The second-order valence-electron chi connectivity index (χ2n) is 6.59. The second-order valence-corrected chi connectivity index (χ2v) is 6.59. The lowest BCUT2D eigenvalue weighted by Gasteiger charge is -2.15. The van der Waals surface area contributed by atoms with Crippen molar-refractivity contribution in [1.82, 2.24) is 20.6 Å². The Kier molecular flexibility index (Phi) is 8.94. The Morgan fingerprint density at radius 2 is 2.00 bits per heavy atom. The minimum Gasteiger partial charge on any atom is -0.356 e. The van der Waals surface area contributed by atoms with Crippen LogP contribution in [0.25, 0.3) is 11.0 Å². The maximum absolute atomic E-state index is 4.62. The lowest BCUT2D eigenvalue weighted by Crippen LogP contribution is -2.38. The highest BCUT2D eigenvalue weighted by Crippen LogP contribution is 2.19. The van der Waals surface area contributed by atoms with Crippen molar-refractivity contribution in [2.24, 2.45) is 4.99 Å². The minimum absolute atomic E-state index is 0. The van der Waals surface area contributed by atoms with Gasteiger partial charge in [-0.3, -0.25) is 4.99 Å². The van der Waals surface area contributed by atoms with Crippen LogP contribution in [-0.4, -0.2) is 36.1 Å². The molecule has 0 saturated carbocycles. The smallest absolute Gasteiger partial charge is 0.190 e. The number of aromatic nitrogens is 2. The van der Waals surface area contributed by atoms with Crippen LogP contribution >= 0.6 is 24.0 Å². The number of imidazole rings is 1. The SMILES string of the molecule is CN=C(NCCCc1nc2ccccc2[nH]1)NCCC1=CCCCC1.I. The van der Waals surface area contributed by atoms with Gasteiger partial charge in [0.15, 0.2) is 5.96 Å². The van der Waals surface area contributed by atoms with Crippen molar-refractivity contribution in [3.63, 3.8) is 0 Å². The molecule has 3 rings (SSSR count). The van der Waals surface area contributed by atoms with Crippen molar-refractivity contribution in [2.45, 2.75) is 44.9 Å². The van der Waals surface area contributed by atoms with Crippen LogP contribution in [0.5, 0.6) is 0 Å². The van der Waals surface area contributed by atoms with Crippen LogP contribution in [0.1, 0.15) is 44.3 Å². The molecule has 0 saturated heterocycles. The molecule has 3 N–H and O–H groups in total. The van der Waals surface area contributed by atoms with Gasteiger partial charge in [-0.15, -0.1) is 24.0 Å². The summed E-state index contributed by atoms with van der Waals surface area (Å²) in [5.41, 5.74) is 3.75. The van der Waals surface area contributed by atoms with Gasteiger partial charge in [-0.1, -0.05) is 23.8 Å². The minimum atomic E-state index is 0. The largest absolute Gasteiger partial charge is 0.356 e. The molecular weight excluding hydrogens is 437 g/mol. The molecular formula is C20H30IN5. The number of halogens is 1. The van der Waals surface area contributed by atoms with Crippen molar-refractivity contribution >= 4 is 41.0 Å². The molecule has 0 aliphatic heterocycles. The van der Waals surface area contributed by atoms with Crippen molar-refractivity contribution in [3.8, 4) is 0 Å². The van der Waals surface area contributed by atoms with E-state index >= 15 is 0 Å². The number of rotatable bonds is 7. The Morgan fingerprint density at radius 1 is 1.15 bits per heavy atom. The molecule has 6 heteroatoms. The van der Waals surface area contributed by atoms with Gasteiger partial charge >= 0.3 is 0 Å². The number of nitrogens with one attached hydrogen (secondary N) is 3. The van der Waals surface area contributed by atoms with Gasteiger partial charge < -0.3 is 15.6 Å². The summed E-state index contributed by atoms with van der Waals surface area (Å²) in [6.07, 6.45) is 10.7. The number of hydrogen-bond acceptors (Lipinski definition) is 2. The van der Waals surface area contributed by atoms with Gasteiger partial charge in [0, 0.05) is 26.6 Å². The first-order chi connectivity index (χ1) is 12.3. The summed E-state index contributed by atoms with van der Waals surface area (Å²) in [5.74, 6) is 1.94. The summed E-state index contributed by atoms with van der Waals surface area (Å²) in [6, 6.07) is 8.16. The summed E-state index contributed by atoms with van der Waals surface area (Å²) in [7, 11) is 1.83. The molecule has 0 radical (unpaired) electrons. The number of para-hydroxylation sites is 2. The molecule has 1 aliphatic rings. The first kappa shape index (κ1) is 20.7. The Bertz CT molecular complexity index is 702. The first-order valence-corrected chi connectivity index (χ1v) is 9.41. The topological polar surface area (TPSA) is 65.1 Å². The lowest BCUT2D eigenvalue weighted by atomic mass is 9.97. The number of benzene rings is 1. The van der Waals surface area contributed by atoms with Gasteiger partial charge in [0.2, 0.25) is 0 Å². The van der Waals surface area contributed by atoms with E-state index in [2.05, 4.69) is 37.7 Å². The standard InChI is InChI=1S/C20H29N5.HI/c1-21-20(23-15-13-16-8-3-2-4-9-16)22-14-7-12-19-24-17-10-5-6-11-18(17)25-19;/h5-6,8,10-11H,2-4,7,9,12-15H2,1H3,(H,24,25)(H2,21,22,23);1H. The number of fused-ring (bicyclic) bond motifs is 1. The molecule has 2 aromatic rings. The average Bonchev–Trinajstić information content (AvgIpc) is 3.07. The molecule has 0 unspecified atom stereocenters. The Hall–Kier alpha value is -1.57. The fourth-order valence-electron chi connectivity index (χ4n) is 3.28. The molecule has 1 aliphatic carbocycles. The normalized spacial score (nSPS) is 14.7. The predicted molar refractivity (Wildman–Crippen MR) is 120 cm³/mol. The predicted octanol–water partition coefficient (Wildman–Crippen LogP) is 4.17. The number of H-pyrrole nitrogens is 1. The molecule has 0 fully saturated rings. The fourth-order valence-corrected chi connectivity index (χ4v) is 3.28. The van der Waals surface area contributed by atoms with Crippen LogP contribution < -0.4 is 10.6 Å². The highest BCUT2D eigenvalue weighted by atomic mass is 127. The van der Waals surface area contributed by atoms with Crippen LogP contribution in [0, 0.1) is 0 Å². The summed E-state index contributed by atoms with van der Waals surface area (Å²) >= 11 is 0. The Morgan fingerprint density at radius 3 is 2.77 bits per heavy atom.